The van der Waals surface area contributed by atoms with Gasteiger partial charge in [0.1, 0.15) is 0 Å². The zero-order valence-electron chi connectivity index (χ0n) is 35.2. The van der Waals surface area contributed by atoms with Crippen LogP contribution in [0.3, 0.4) is 0 Å². The average molecular weight is 833 g/mol. The lowest BCUT2D eigenvalue weighted by Gasteiger charge is -2.11. The lowest BCUT2D eigenvalue weighted by Crippen LogP contribution is -2.29. The number of aromatic amines is 3. The molecule has 0 aliphatic heterocycles. The molecule has 5 heteroatoms. The van der Waals surface area contributed by atoms with Gasteiger partial charge in [0.05, 0.1) is 44.2 Å². The molecule has 306 valence electrons. The molecule has 13 rings (SSSR count). The Bertz CT molecular complexity index is 3830. The van der Waals surface area contributed by atoms with E-state index in [0.29, 0.717) is 10.7 Å². The van der Waals surface area contributed by atoms with Gasteiger partial charge in [0, 0.05) is 65.4 Å². The Morgan fingerprint density at radius 1 is 0.246 bits per heavy atom. The van der Waals surface area contributed by atoms with Gasteiger partial charge in [-0.2, -0.15) is 4.73 Å². The zero-order valence-corrected chi connectivity index (χ0v) is 35.2. The first-order valence-electron chi connectivity index (χ1n) is 22.1. The first kappa shape index (κ1) is 36.8. The van der Waals surface area contributed by atoms with Crippen LogP contribution in [0, 0.1) is 0 Å². The molecule has 0 unspecified atom stereocenters. The minimum absolute atomic E-state index is 0.697. The molecule has 1 aliphatic carbocycles. The fourth-order valence-corrected chi connectivity index (χ4v) is 10.5. The Kier molecular flexibility index (Phi) is 8.30. The van der Waals surface area contributed by atoms with E-state index in [4.69, 9.17) is 0 Å². The van der Waals surface area contributed by atoms with Gasteiger partial charge in [0.15, 0.2) is 0 Å². The summed E-state index contributed by atoms with van der Waals surface area (Å²) in [6.07, 6.45) is 0. The topological polar surface area (TPSA) is 72.5 Å². The number of aromatic nitrogens is 4. The number of nitrogens with one attached hydrogen (secondary N) is 3. The van der Waals surface area contributed by atoms with Gasteiger partial charge >= 0.3 is 0 Å². The molecule has 0 fully saturated rings. The zero-order chi connectivity index (χ0) is 43.0. The number of hydrogen-bond donors (Lipinski definition) is 4. The molecule has 0 amide bonds. The molecule has 12 aromatic rings. The van der Waals surface area contributed by atoms with E-state index in [0.717, 1.165) is 121 Å². The molecule has 4 heterocycles. The van der Waals surface area contributed by atoms with Crippen LogP contribution in [-0.4, -0.2) is 24.9 Å². The van der Waals surface area contributed by atoms with Crippen molar-refractivity contribution in [1.82, 2.24) is 19.7 Å². The second kappa shape index (κ2) is 14.7. The quantitative estimate of drug-likeness (QED) is 0.131. The van der Waals surface area contributed by atoms with E-state index >= 15 is 0 Å². The standard InChI is InChI=1S/C60H40N4O/c65-64-59-47-35-19-20-36-48(47)60(64)52(40-27-11-4-12-28-40)58-46-34-18-16-32-44(46)56(63-58)50(38-23-7-2-8-24-38)54-42-30-14-13-29-41(42)53(61-54)49(37-21-5-1-6-22-37)55-43-31-15-17-33-45(43)57(62-55)51(59)39-25-9-3-10-26-39/h1-36,61-63,65H. The maximum Gasteiger partial charge on any atom is 0.0978 e. The van der Waals surface area contributed by atoms with Crippen molar-refractivity contribution in [1.29, 1.82) is 0 Å². The molecule has 0 saturated carbocycles. The molecule has 0 atom stereocenters. The summed E-state index contributed by atoms with van der Waals surface area (Å²) in [7, 11) is 0. The normalized spacial score (nSPS) is 12.9. The Hall–Kier alpha value is -8.80. The van der Waals surface area contributed by atoms with Crippen molar-refractivity contribution in [3.8, 4) is 0 Å². The van der Waals surface area contributed by atoms with Crippen LogP contribution in [0.15, 0.2) is 218 Å². The predicted octanol–water partition coefficient (Wildman–Crippen LogP) is 10.6. The van der Waals surface area contributed by atoms with E-state index in [1.54, 1.807) is 0 Å². The molecular weight excluding hydrogens is 793 g/mol. The van der Waals surface area contributed by atoms with Gasteiger partial charge < -0.3 is 20.2 Å². The van der Waals surface area contributed by atoms with E-state index in [1.807, 2.05) is 12.1 Å². The maximum atomic E-state index is 13.4. The Morgan fingerprint density at radius 2 is 0.492 bits per heavy atom. The predicted molar refractivity (Wildman–Crippen MR) is 265 cm³/mol. The fourth-order valence-electron chi connectivity index (χ4n) is 10.5. The summed E-state index contributed by atoms with van der Waals surface area (Å²) in [4.78, 5) is 12.3. The first-order valence-corrected chi connectivity index (χ1v) is 22.1. The molecule has 5 nitrogen and oxygen atoms in total. The molecule has 4 N–H and O–H groups in total. The third-order valence-electron chi connectivity index (χ3n) is 13.2. The van der Waals surface area contributed by atoms with Crippen LogP contribution >= 0.6 is 0 Å². The van der Waals surface area contributed by atoms with Gasteiger partial charge in [-0.3, -0.25) is 0 Å². The van der Waals surface area contributed by atoms with Gasteiger partial charge in [0.2, 0.25) is 0 Å². The van der Waals surface area contributed by atoms with Gasteiger partial charge in [-0.1, -0.05) is 218 Å². The lowest BCUT2D eigenvalue weighted by molar-refractivity contribution is 0.172. The maximum absolute atomic E-state index is 13.4. The van der Waals surface area contributed by atoms with Crippen LogP contribution in [0.2, 0.25) is 0 Å². The Balaban J connectivity index is 1.39. The molecule has 0 radical (unpaired) electrons. The molecule has 65 heavy (non-hydrogen) atoms. The molecule has 0 spiro atoms. The first-order chi connectivity index (χ1) is 32.2. The number of benzene rings is 8. The number of rotatable bonds is 4. The summed E-state index contributed by atoms with van der Waals surface area (Å²) in [5.41, 5.74) is 11.7. The number of nitrogens with zero attached hydrogens (tertiary/aromatic N) is 1. The SMILES string of the molecule is On1c2c3ccccc3c1=C(c1ccccc1)c1[nH]c(c3ccccc13)C(c1ccccc1)=c1[nH]c(c3ccccc13)=C(c1ccccc1)c1[nH]c(c3ccccc13)C=2c1ccccc1. The molecule has 8 aromatic carbocycles. The van der Waals surface area contributed by atoms with E-state index in [1.165, 1.54) is 4.73 Å². The average Bonchev–Trinajstić information content (AvgIpc) is 4.12. The third-order valence-corrected chi connectivity index (χ3v) is 13.2. The van der Waals surface area contributed by atoms with Crippen molar-refractivity contribution in [2.75, 3.05) is 0 Å². The summed E-state index contributed by atoms with van der Waals surface area (Å²) in [5, 5.41) is 25.1. The van der Waals surface area contributed by atoms with Crippen LogP contribution in [0.1, 0.15) is 45.0 Å². The summed E-state index contributed by atoms with van der Waals surface area (Å²) in [5.74, 6) is 0. The molecule has 0 saturated heterocycles. The summed E-state index contributed by atoms with van der Waals surface area (Å²) in [6.45, 7) is 0. The fraction of sp³-hybridized carbons (Fsp3) is 0. The van der Waals surface area contributed by atoms with Crippen molar-refractivity contribution >= 4 is 65.4 Å². The van der Waals surface area contributed by atoms with Gasteiger partial charge in [0.25, 0.3) is 0 Å². The van der Waals surface area contributed by atoms with Gasteiger partial charge in [-0.15, -0.1) is 0 Å². The molecular formula is C60H40N4O. The second-order valence-corrected chi connectivity index (χ2v) is 16.8. The van der Waals surface area contributed by atoms with Crippen LogP contribution in [0.25, 0.3) is 65.4 Å². The summed E-state index contributed by atoms with van der Waals surface area (Å²) < 4.78 is 1.46. The largest absolute Gasteiger partial charge is 0.428 e. The van der Waals surface area contributed by atoms with Crippen molar-refractivity contribution in [3.05, 3.63) is 285 Å². The minimum Gasteiger partial charge on any atom is -0.428 e. The highest BCUT2D eigenvalue weighted by molar-refractivity contribution is 6.09. The smallest absolute Gasteiger partial charge is 0.0978 e. The van der Waals surface area contributed by atoms with Crippen molar-refractivity contribution < 1.29 is 5.21 Å². The van der Waals surface area contributed by atoms with E-state index < -0.39 is 0 Å². The number of hydrogen-bond acceptors (Lipinski definition) is 1. The van der Waals surface area contributed by atoms with Crippen molar-refractivity contribution in [2.45, 2.75) is 0 Å². The van der Waals surface area contributed by atoms with Crippen LogP contribution in [0.5, 0.6) is 0 Å². The minimum atomic E-state index is 0.697. The highest BCUT2D eigenvalue weighted by Gasteiger charge is 2.27. The highest BCUT2D eigenvalue weighted by atomic mass is 16.5. The van der Waals surface area contributed by atoms with E-state index in [2.05, 4.69) is 221 Å². The van der Waals surface area contributed by atoms with E-state index in [9.17, 15) is 5.21 Å². The summed E-state index contributed by atoms with van der Waals surface area (Å²) >= 11 is 0. The Labute approximate surface area is 373 Å². The molecule has 8 bridgehead atoms. The monoisotopic (exact) mass is 832 g/mol. The highest BCUT2D eigenvalue weighted by Crippen LogP contribution is 2.38. The number of H-pyrrole nitrogens is 3. The van der Waals surface area contributed by atoms with Gasteiger partial charge in [-0.05, 0) is 22.3 Å². The van der Waals surface area contributed by atoms with Crippen LogP contribution < -0.4 is 21.4 Å². The molecule has 1 aliphatic rings. The van der Waals surface area contributed by atoms with Crippen molar-refractivity contribution in [3.63, 3.8) is 0 Å². The Morgan fingerprint density at radius 3 is 0.815 bits per heavy atom. The second-order valence-electron chi connectivity index (χ2n) is 16.8. The summed E-state index contributed by atoms with van der Waals surface area (Å²) in [6, 6.07) is 76.8. The lowest BCUT2D eigenvalue weighted by atomic mass is 9.96. The van der Waals surface area contributed by atoms with E-state index in [-0.39, 0.29) is 0 Å². The van der Waals surface area contributed by atoms with Crippen molar-refractivity contribution in [2.24, 2.45) is 0 Å². The molecule has 4 aromatic heterocycles. The third kappa shape index (κ3) is 5.59. The van der Waals surface area contributed by atoms with Gasteiger partial charge in [-0.25, -0.2) is 0 Å². The van der Waals surface area contributed by atoms with Crippen LogP contribution in [0.4, 0.5) is 0 Å². The van der Waals surface area contributed by atoms with Crippen LogP contribution in [-0.2, 0) is 0 Å².